The van der Waals surface area contributed by atoms with E-state index >= 15 is 0 Å². The van der Waals surface area contributed by atoms with Crippen LogP contribution >= 0.6 is 0 Å². The second-order valence-electron chi connectivity index (χ2n) is 8.20. The first-order chi connectivity index (χ1) is 14.4. The summed E-state index contributed by atoms with van der Waals surface area (Å²) in [6.07, 6.45) is 1.59. The quantitative estimate of drug-likeness (QED) is 0.574. The number of hydrogen-bond acceptors (Lipinski definition) is 3. The van der Waals surface area contributed by atoms with E-state index in [1.54, 1.807) is 13.2 Å². The van der Waals surface area contributed by atoms with Gasteiger partial charge in [-0.05, 0) is 78.3 Å². The molecule has 3 aromatic rings. The van der Waals surface area contributed by atoms with Crippen LogP contribution in [0.15, 0.2) is 60.7 Å². The number of rotatable bonds is 6. The molecule has 4 rings (SSSR count). The topological polar surface area (TPSA) is 58.6 Å². The monoisotopic (exact) mass is 401 g/mol. The first-order valence-electron chi connectivity index (χ1n) is 10.2. The van der Waals surface area contributed by atoms with Crippen molar-refractivity contribution in [3.05, 3.63) is 82.9 Å². The zero-order valence-electron chi connectivity index (χ0n) is 17.7. The molecule has 0 radical (unpaired) electrons. The van der Waals surface area contributed by atoms with Crippen LogP contribution in [0.3, 0.4) is 0 Å². The van der Waals surface area contributed by atoms with Crippen molar-refractivity contribution in [3.8, 4) is 16.9 Å². The van der Waals surface area contributed by atoms with E-state index in [1.807, 2.05) is 37.3 Å². The van der Waals surface area contributed by atoms with E-state index in [1.165, 1.54) is 0 Å². The van der Waals surface area contributed by atoms with Gasteiger partial charge in [0.25, 0.3) is 0 Å². The molecule has 4 heteroatoms. The van der Waals surface area contributed by atoms with Crippen LogP contribution in [0.2, 0.25) is 0 Å². The summed E-state index contributed by atoms with van der Waals surface area (Å²) in [5, 5.41) is 13.2. The molecule has 1 aliphatic rings. The van der Waals surface area contributed by atoms with E-state index in [4.69, 9.17) is 4.74 Å². The van der Waals surface area contributed by atoms with Crippen LogP contribution in [0.25, 0.3) is 11.1 Å². The zero-order chi connectivity index (χ0) is 21.3. The van der Waals surface area contributed by atoms with E-state index in [-0.39, 0.29) is 11.7 Å². The van der Waals surface area contributed by atoms with Gasteiger partial charge in [-0.1, -0.05) is 42.5 Å². The number of nitrogens with one attached hydrogen (secondary N) is 1. The van der Waals surface area contributed by atoms with Gasteiger partial charge < -0.3 is 15.2 Å². The predicted octanol–water partition coefficient (Wildman–Crippen LogP) is 5.49. The maximum absolute atomic E-state index is 13.1. The molecule has 1 amide bonds. The summed E-state index contributed by atoms with van der Waals surface area (Å²) >= 11 is 0. The Balaban J connectivity index is 1.57. The molecule has 0 aromatic heterocycles. The summed E-state index contributed by atoms with van der Waals surface area (Å²) in [7, 11) is 1.69. The Bertz CT molecular complexity index is 1080. The SMILES string of the molecule is COCc1ccc(-c2cc(NC(=O)C3(c4ccc(C)c(O)c4)CC3)ccc2C)cc1. The van der Waals surface area contributed by atoms with Crippen LogP contribution < -0.4 is 5.32 Å². The highest BCUT2D eigenvalue weighted by Crippen LogP contribution is 2.50. The van der Waals surface area contributed by atoms with Crippen molar-refractivity contribution < 1.29 is 14.6 Å². The minimum absolute atomic E-state index is 0.0176. The predicted molar refractivity (Wildman–Crippen MR) is 120 cm³/mol. The third-order valence-electron chi connectivity index (χ3n) is 6.02. The van der Waals surface area contributed by atoms with Gasteiger partial charge in [-0.25, -0.2) is 0 Å². The Hall–Kier alpha value is -3.11. The van der Waals surface area contributed by atoms with Gasteiger partial charge in [-0.3, -0.25) is 4.79 Å². The summed E-state index contributed by atoms with van der Waals surface area (Å²) in [5.41, 5.74) is 6.40. The molecule has 4 nitrogen and oxygen atoms in total. The number of phenolic OH excluding ortho intramolecular Hbond substituents is 1. The van der Waals surface area contributed by atoms with Crippen LogP contribution in [-0.4, -0.2) is 18.1 Å². The number of amides is 1. The molecule has 2 N–H and O–H groups in total. The van der Waals surface area contributed by atoms with Crippen molar-refractivity contribution in [1.29, 1.82) is 0 Å². The lowest BCUT2D eigenvalue weighted by Gasteiger charge is -2.18. The van der Waals surface area contributed by atoms with Crippen LogP contribution in [0.4, 0.5) is 5.69 Å². The minimum Gasteiger partial charge on any atom is -0.508 e. The van der Waals surface area contributed by atoms with Crippen LogP contribution in [-0.2, 0) is 21.6 Å². The molecule has 0 atom stereocenters. The maximum atomic E-state index is 13.1. The van der Waals surface area contributed by atoms with Gasteiger partial charge in [0.15, 0.2) is 0 Å². The largest absolute Gasteiger partial charge is 0.508 e. The van der Waals surface area contributed by atoms with Gasteiger partial charge in [0.2, 0.25) is 5.91 Å². The van der Waals surface area contributed by atoms with E-state index in [0.29, 0.717) is 6.61 Å². The Morgan fingerprint density at radius 1 is 1.00 bits per heavy atom. The van der Waals surface area contributed by atoms with Crippen LogP contribution in [0, 0.1) is 13.8 Å². The molecule has 1 aliphatic carbocycles. The molecular weight excluding hydrogens is 374 g/mol. The highest BCUT2D eigenvalue weighted by Gasteiger charge is 2.51. The Morgan fingerprint density at radius 3 is 2.33 bits per heavy atom. The summed E-state index contributed by atoms with van der Waals surface area (Å²) in [4.78, 5) is 13.1. The zero-order valence-corrected chi connectivity index (χ0v) is 17.7. The number of carbonyl (C=O) groups excluding carboxylic acids is 1. The molecule has 1 fully saturated rings. The Kier molecular flexibility index (Phi) is 5.35. The lowest BCUT2D eigenvalue weighted by Crippen LogP contribution is -2.27. The molecular formula is C26H27NO3. The molecule has 0 saturated heterocycles. The number of ether oxygens (including phenoxy) is 1. The van der Waals surface area contributed by atoms with Crippen molar-refractivity contribution in [2.45, 2.75) is 38.7 Å². The standard InChI is InChI=1S/C26H27NO3/c1-17-5-11-22(15-23(17)20-8-6-19(7-9-20)16-30-3)27-25(29)26(12-13-26)21-10-4-18(2)24(28)14-21/h4-11,14-15,28H,12-13,16H2,1-3H3,(H,27,29). The number of methoxy groups -OCH3 is 1. The molecule has 30 heavy (non-hydrogen) atoms. The maximum Gasteiger partial charge on any atom is 0.235 e. The van der Waals surface area contributed by atoms with Gasteiger partial charge in [0.05, 0.1) is 12.0 Å². The van der Waals surface area contributed by atoms with Crippen molar-refractivity contribution in [2.24, 2.45) is 0 Å². The Morgan fingerprint density at radius 2 is 1.70 bits per heavy atom. The molecule has 3 aromatic carbocycles. The third kappa shape index (κ3) is 3.83. The van der Waals surface area contributed by atoms with Gasteiger partial charge in [-0.2, -0.15) is 0 Å². The lowest BCUT2D eigenvalue weighted by molar-refractivity contribution is -0.118. The second kappa shape index (κ2) is 7.96. The fourth-order valence-corrected chi connectivity index (χ4v) is 3.89. The van der Waals surface area contributed by atoms with Crippen molar-refractivity contribution >= 4 is 11.6 Å². The molecule has 0 aliphatic heterocycles. The molecule has 0 heterocycles. The van der Waals surface area contributed by atoms with Crippen LogP contribution in [0.5, 0.6) is 5.75 Å². The van der Waals surface area contributed by atoms with Gasteiger partial charge in [-0.15, -0.1) is 0 Å². The normalized spacial score (nSPS) is 14.4. The molecule has 154 valence electrons. The first kappa shape index (κ1) is 20.2. The lowest BCUT2D eigenvalue weighted by atomic mass is 9.93. The van der Waals surface area contributed by atoms with Crippen molar-refractivity contribution in [3.63, 3.8) is 0 Å². The number of carbonyl (C=O) groups is 1. The van der Waals surface area contributed by atoms with Gasteiger partial charge in [0, 0.05) is 12.8 Å². The number of aromatic hydroxyl groups is 1. The van der Waals surface area contributed by atoms with E-state index in [2.05, 4.69) is 36.5 Å². The number of aryl methyl sites for hydroxylation is 2. The highest BCUT2D eigenvalue weighted by atomic mass is 16.5. The third-order valence-corrected chi connectivity index (χ3v) is 6.02. The number of hydrogen-bond donors (Lipinski definition) is 2. The van der Waals surface area contributed by atoms with Gasteiger partial charge >= 0.3 is 0 Å². The average Bonchev–Trinajstić information content (AvgIpc) is 3.54. The summed E-state index contributed by atoms with van der Waals surface area (Å²) in [5.74, 6) is 0.220. The summed E-state index contributed by atoms with van der Waals surface area (Å²) in [6, 6.07) is 19.8. The number of anilines is 1. The molecule has 0 unspecified atom stereocenters. The summed E-state index contributed by atoms with van der Waals surface area (Å²) < 4.78 is 5.18. The molecule has 0 bridgehead atoms. The number of phenols is 1. The average molecular weight is 402 g/mol. The Labute approximate surface area is 177 Å². The van der Waals surface area contributed by atoms with E-state index in [9.17, 15) is 9.90 Å². The highest BCUT2D eigenvalue weighted by molar-refractivity contribution is 6.02. The van der Waals surface area contributed by atoms with E-state index < -0.39 is 5.41 Å². The second-order valence-corrected chi connectivity index (χ2v) is 8.20. The fraction of sp³-hybridized carbons (Fsp3) is 0.269. The van der Waals surface area contributed by atoms with Crippen molar-refractivity contribution in [1.82, 2.24) is 0 Å². The number of benzene rings is 3. The van der Waals surface area contributed by atoms with Crippen LogP contribution in [0.1, 0.15) is 35.1 Å². The summed E-state index contributed by atoms with van der Waals surface area (Å²) in [6.45, 7) is 4.52. The first-order valence-corrected chi connectivity index (χ1v) is 10.2. The van der Waals surface area contributed by atoms with Crippen molar-refractivity contribution in [2.75, 3.05) is 12.4 Å². The smallest absolute Gasteiger partial charge is 0.235 e. The molecule has 1 saturated carbocycles. The minimum atomic E-state index is -0.544. The van der Waals surface area contributed by atoms with Gasteiger partial charge in [0.1, 0.15) is 5.75 Å². The van der Waals surface area contributed by atoms with E-state index in [0.717, 1.165) is 51.9 Å². The fourth-order valence-electron chi connectivity index (χ4n) is 3.89. The molecule has 0 spiro atoms.